The highest BCUT2D eigenvalue weighted by Gasteiger charge is 2.62. The summed E-state index contributed by atoms with van der Waals surface area (Å²) in [5, 5.41) is -0.149. The number of fused-ring (bicyclic) bond motifs is 1. The fraction of sp³-hybridized carbons (Fsp3) is 1.00. The van der Waals surface area contributed by atoms with Gasteiger partial charge in [0.1, 0.15) is 0 Å². The Hall–Kier alpha value is -0.0900. The van der Waals surface area contributed by atoms with Crippen molar-refractivity contribution in [2.24, 2.45) is 17.8 Å². The molecule has 0 aromatic heterocycles. The zero-order valence-corrected chi connectivity index (χ0v) is 7.75. The molecule has 0 radical (unpaired) electrons. The molecule has 2 aliphatic carbocycles. The van der Waals surface area contributed by atoms with Crippen molar-refractivity contribution in [2.75, 3.05) is 0 Å². The maximum absolute atomic E-state index is 11.4. The van der Waals surface area contributed by atoms with E-state index in [1.807, 2.05) is 0 Å². The molecule has 1 saturated heterocycles. The Balaban J connectivity index is 2.11. The van der Waals surface area contributed by atoms with E-state index in [2.05, 4.69) is 6.92 Å². The molecule has 0 spiro atoms. The van der Waals surface area contributed by atoms with Crippen molar-refractivity contribution in [1.82, 2.24) is 0 Å². The molecule has 2 bridgehead atoms. The number of rotatable bonds is 0. The lowest BCUT2D eigenvalue weighted by Gasteiger charge is -2.19. The van der Waals surface area contributed by atoms with E-state index in [1.54, 1.807) is 0 Å². The highest BCUT2D eigenvalue weighted by molar-refractivity contribution is 7.87. The third kappa shape index (κ3) is 0.646. The van der Waals surface area contributed by atoms with E-state index in [0.29, 0.717) is 17.8 Å². The largest absolute Gasteiger partial charge is 0.270 e. The van der Waals surface area contributed by atoms with Crippen molar-refractivity contribution in [3.8, 4) is 0 Å². The summed E-state index contributed by atoms with van der Waals surface area (Å²) in [5.74, 6) is 1.40. The second kappa shape index (κ2) is 1.87. The van der Waals surface area contributed by atoms with Crippen LogP contribution in [0.3, 0.4) is 0 Å². The average molecular weight is 188 g/mol. The fourth-order valence-corrected chi connectivity index (χ4v) is 5.17. The summed E-state index contributed by atoms with van der Waals surface area (Å²) in [7, 11) is -3.16. The van der Waals surface area contributed by atoms with Crippen molar-refractivity contribution < 1.29 is 12.6 Å². The molecular weight excluding hydrogens is 176 g/mol. The van der Waals surface area contributed by atoms with Crippen LogP contribution in [-0.4, -0.2) is 19.8 Å². The van der Waals surface area contributed by atoms with Crippen LogP contribution in [0.5, 0.6) is 0 Å². The topological polar surface area (TPSA) is 43.4 Å². The first-order chi connectivity index (χ1) is 5.59. The zero-order valence-electron chi connectivity index (χ0n) is 6.93. The van der Waals surface area contributed by atoms with Crippen molar-refractivity contribution in [2.45, 2.75) is 31.1 Å². The Labute approximate surface area is 72.2 Å². The van der Waals surface area contributed by atoms with Gasteiger partial charge in [0, 0.05) is 5.92 Å². The Morgan fingerprint density at radius 3 is 2.67 bits per heavy atom. The van der Waals surface area contributed by atoms with E-state index < -0.39 is 10.1 Å². The molecular formula is C8H12O3S. The summed E-state index contributed by atoms with van der Waals surface area (Å²) in [5.41, 5.74) is 0. The van der Waals surface area contributed by atoms with Gasteiger partial charge in [-0.3, -0.25) is 4.18 Å². The van der Waals surface area contributed by atoms with Gasteiger partial charge in [-0.25, -0.2) is 0 Å². The third-order valence-electron chi connectivity index (χ3n) is 3.89. The Kier molecular flexibility index (Phi) is 1.14. The molecule has 0 aromatic carbocycles. The predicted molar refractivity (Wildman–Crippen MR) is 43.0 cm³/mol. The van der Waals surface area contributed by atoms with Gasteiger partial charge >= 0.3 is 0 Å². The molecule has 12 heavy (non-hydrogen) atoms. The Bertz CT molecular complexity index is 321. The Morgan fingerprint density at radius 2 is 2.08 bits per heavy atom. The molecule has 0 aromatic rings. The molecule has 1 aliphatic heterocycles. The molecule has 5 unspecified atom stereocenters. The van der Waals surface area contributed by atoms with Crippen LogP contribution in [0, 0.1) is 17.8 Å². The van der Waals surface area contributed by atoms with Gasteiger partial charge in [-0.1, -0.05) is 6.92 Å². The average Bonchev–Trinajstić information content (AvgIpc) is 2.54. The SMILES string of the molecule is CC1C2CC3C1OS(=O)(=O)C3C2. The van der Waals surface area contributed by atoms with Gasteiger partial charge < -0.3 is 0 Å². The number of hydrogen-bond acceptors (Lipinski definition) is 3. The second-order valence-electron chi connectivity index (χ2n) is 4.35. The Morgan fingerprint density at radius 1 is 1.33 bits per heavy atom. The third-order valence-corrected chi connectivity index (χ3v) is 5.66. The monoisotopic (exact) mass is 188 g/mol. The summed E-state index contributed by atoms with van der Waals surface area (Å²) < 4.78 is 27.9. The van der Waals surface area contributed by atoms with Crippen LogP contribution in [0.4, 0.5) is 0 Å². The lowest BCUT2D eigenvalue weighted by molar-refractivity contribution is 0.141. The molecule has 3 aliphatic rings. The van der Waals surface area contributed by atoms with E-state index in [1.165, 1.54) is 0 Å². The molecule has 0 N–H and O–H groups in total. The lowest BCUT2D eigenvalue weighted by atomic mass is 9.88. The first-order valence-electron chi connectivity index (χ1n) is 4.52. The first-order valence-corrected chi connectivity index (χ1v) is 5.99. The van der Waals surface area contributed by atoms with Gasteiger partial charge in [-0.05, 0) is 24.7 Å². The smallest absolute Gasteiger partial charge is 0.266 e. The standard InChI is InChI=1S/C8H12O3S/c1-4-5-2-6-7(3-5)12(9,10)11-8(4)6/h4-8H,2-3H2,1H3. The van der Waals surface area contributed by atoms with Crippen LogP contribution >= 0.6 is 0 Å². The van der Waals surface area contributed by atoms with E-state index in [0.717, 1.165) is 12.8 Å². The van der Waals surface area contributed by atoms with Crippen LogP contribution in [0.25, 0.3) is 0 Å². The highest BCUT2D eigenvalue weighted by atomic mass is 32.2. The normalized spacial score (nSPS) is 59.6. The highest BCUT2D eigenvalue weighted by Crippen LogP contribution is 2.56. The van der Waals surface area contributed by atoms with Gasteiger partial charge in [0.25, 0.3) is 10.1 Å². The van der Waals surface area contributed by atoms with E-state index in [4.69, 9.17) is 4.18 Å². The summed E-state index contributed by atoms with van der Waals surface area (Å²) in [6.45, 7) is 2.12. The van der Waals surface area contributed by atoms with Crippen LogP contribution < -0.4 is 0 Å². The van der Waals surface area contributed by atoms with Crippen LogP contribution in [0.15, 0.2) is 0 Å². The van der Waals surface area contributed by atoms with Crippen molar-refractivity contribution in [3.05, 3.63) is 0 Å². The van der Waals surface area contributed by atoms with Gasteiger partial charge in [-0.2, -0.15) is 8.42 Å². The molecule has 4 heteroatoms. The quantitative estimate of drug-likeness (QED) is 0.527. The maximum Gasteiger partial charge on any atom is 0.270 e. The fourth-order valence-electron chi connectivity index (χ4n) is 3.22. The zero-order chi connectivity index (χ0) is 8.51. The number of hydrogen-bond donors (Lipinski definition) is 0. The minimum atomic E-state index is -3.16. The van der Waals surface area contributed by atoms with Crippen molar-refractivity contribution in [3.63, 3.8) is 0 Å². The van der Waals surface area contributed by atoms with Gasteiger partial charge in [-0.15, -0.1) is 0 Å². The van der Waals surface area contributed by atoms with E-state index >= 15 is 0 Å². The van der Waals surface area contributed by atoms with Gasteiger partial charge in [0.15, 0.2) is 0 Å². The van der Waals surface area contributed by atoms with Gasteiger partial charge in [0.05, 0.1) is 11.4 Å². The molecule has 0 amide bonds. The summed E-state index contributed by atoms with van der Waals surface area (Å²) in [6, 6.07) is 0. The predicted octanol–water partition coefficient (Wildman–Crippen LogP) is 0.759. The van der Waals surface area contributed by atoms with Crippen molar-refractivity contribution in [1.29, 1.82) is 0 Å². The summed E-state index contributed by atoms with van der Waals surface area (Å²) in [4.78, 5) is 0. The second-order valence-corrected chi connectivity index (χ2v) is 6.13. The molecule has 5 atom stereocenters. The van der Waals surface area contributed by atoms with Gasteiger partial charge in [0.2, 0.25) is 0 Å². The minimum absolute atomic E-state index is 0.0266. The summed E-state index contributed by atoms with van der Waals surface area (Å²) in [6.07, 6.45) is 1.96. The minimum Gasteiger partial charge on any atom is -0.266 e. The van der Waals surface area contributed by atoms with E-state index in [9.17, 15) is 8.42 Å². The molecule has 1 heterocycles. The van der Waals surface area contributed by atoms with Crippen LogP contribution in [0.2, 0.25) is 0 Å². The molecule has 68 valence electrons. The van der Waals surface area contributed by atoms with Crippen LogP contribution in [-0.2, 0) is 14.3 Å². The summed E-state index contributed by atoms with van der Waals surface area (Å²) >= 11 is 0. The lowest BCUT2D eigenvalue weighted by Crippen LogP contribution is -2.27. The first kappa shape index (κ1) is 7.33. The molecule has 2 saturated carbocycles. The van der Waals surface area contributed by atoms with E-state index in [-0.39, 0.29) is 11.4 Å². The maximum atomic E-state index is 11.4. The van der Waals surface area contributed by atoms with Crippen LogP contribution in [0.1, 0.15) is 19.8 Å². The molecule has 3 fully saturated rings. The molecule has 3 rings (SSSR count). The van der Waals surface area contributed by atoms with Crippen molar-refractivity contribution >= 4 is 10.1 Å². The molecule has 3 nitrogen and oxygen atoms in total.